The average molecular weight is 209 g/mol. The van der Waals surface area contributed by atoms with E-state index in [0.717, 1.165) is 12.2 Å². The van der Waals surface area contributed by atoms with E-state index in [9.17, 15) is 0 Å². The van der Waals surface area contributed by atoms with Gasteiger partial charge in [-0.1, -0.05) is 17.7 Å². The molecule has 0 aliphatic heterocycles. The lowest BCUT2D eigenvalue weighted by molar-refractivity contribution is 0.175. The van der Waals surface area contributed by atoms with Gasteiger partial charge in [0.25, 0.3) is 0 Å². The fourth-order valence-corrected chi connectivity index (χ4v) is 1.19. The molecule has 1 aromatic carbocycles. The number of aryl methyl sites for hydroxylation is 1. The van der Waals surface area contributed by atoms with Crippen molar-refractivity contribution in [2.24, 2.45) is 5.73 Å². The van der Waals surface area contributed by atoms with E-state index >= 15 is 0 Å². The molecule has 0 radical (unpaired) electrons. The Morgan fingerprint density at radius 2 is 1.93 bits per heavy atom. The third-order valence-corrected chi connectivity index (χ3v) is 2.18. The van der Waals surface area contributed by atoms with Crippen molar-refractivity contribution in [3.05, 3.63) is 29.8 Å². The molecule has 1 aromatic rings. The topological polar surface area (TPSA) is 44.5 Å². The highest BCUT2D eigenvalue weighted by Crippen LogP contribution is 2.11. The molecule has 1 unspecified atom stereocenters. The van der Waals surface area contributed by atoms with Gasteiger partial charge in [-0.05, 0) is 25.5 Å². The number of benzene rings is 1. The summed E-state index contributed by atoms with van der Waals surface area (Å²) in [4.78, 5) is 0. The Morgan fingerprint density at radius 1 is 1.27 bits per heavy atom. The van der Waals surface area contributed by atoms with Crippen molar-refractivity contribution in [2.75, 3.05) is 20.3 Å². The van der Waals surface area contributed by atoms with Crippen LogP contribution >= 0.6 is 0 Å². The maximum atomic E-state index is 5.83. The lowest BCUT2D eigenvalue weighted by Gasteiger charge is -2.12. The molecule has 0 bridgehead atoms. The zero-order chi connectivity index (χ0) is 11.1. The molecule has 3 heteroatoms. The van der Waals surface area contributed by atoms with Gasteiger partial charge >= 0.3 is 0 Å². The highest BCUT2D eigenvalue weighted by Gasteiger charge is 2.02. The number of hydrogen-bond acceptors (Lipinski definition) is 3. The first-order valence-electron chi connectivity index (χ1n) is 5.16. The quantitative estimate of drug-likeness (QED) is 0.776. The molecule has 1 rings (SSSR count). The van der Waals surface area contributed by atoms with Crippen LogP contribution in [0.25, 0.3) is 0 Å². The molecule has 0 amide bonds. The van der Waals surface area contributed by atoms with Crippen molar-refractivity contribution < 1.29 is 9.47 Å². The minimum absolute atomic E-state index is 0.0336. The fourth-order valence-electron chi connectivity index (χ4n) is 1.19. The van der Waals surface area contributed by atoms with Crippen molar-refractivity contribution in [2.45, 2.75) is 19.4 Å². The van der Waals surface area contributed by atoms with Crippen LogP contribution in [0, 0.1) is 6.92 Å². The molecular formula is C12H19NO2. The summed E-state index contributed by atoms with van der Waals surface area (Å²) in [5, 5.41) is 0. The van der Waals surface area contributed by atoms with Crippen molar-refractivity contribution in [1.29, 1.82) is 0 Å². The predicted molar refractivity (Wildman–Crippen MR) is 61.1 cm³/mol. The minimum Gasteiger partial charge on any atom is -0.492 e. The van der Waals surface area contributed by atoms with Crippen LogP contribution in [0.5, 0.6) is 5.75 Å². The van der Waals surface area contributed by atoms with Crippen molar-refractivity contribution in [3.8, 4) is 5.75 Å². The van der Waals surface area contributed by atoms with E-state index in [-0.39, 0.29) is 6.04 Å². The number of methoxy groups -OCH3 is 1. The zero-order valence-corrected chi connectivity index (χ0v) is 9.40. The monoisotopic (exact) mass is 209 g/mol. The summed E-state index contributed by atoms with van der Waals surface area (Å²) in [7, 11) is 1.67. The molecule has 0 aromatic heterocycles. The zero-order valence-electron chi connectivity index (χ0n) is 9.40. The van der Waals surface area contributed by atoms with Gasteiger partial charge in [0.05, 0.1) is 0 Å². The predicted octanol–water partition coefficient (Wildman–Crippen LogP) is 1.74. The smallest absolute Gasteiger partial charge is 0.119 e. The van der Waals surface area contributed by atoms with E-state index in [0.29, 0.717) is 13.2 Å². The first kappa shape index (κ1) is 12.0. The van der Waals surface area contributed by atoms with Crippen molar-refractivity contribution in [1.82, 2.24) is 0 Å². The highest BCUT2D eigenvalue weighted by molar-refractivity contribution is 5.26. The Morgan fingerprint density at radius 3 is 2.53 bits per heavy atom. The molecule has 0 fully saturated rings. The molecule has 3 nitrogen and oxygen atoms in total. The highest BCUT2D eigenvalue weighted by atomic mass is 16.5. The van der Waals surface area contributed by atoms with Crippen LogP contribution in [0.2, 0.25) is 0 Å². The van der Waals surface area contributed by atoms with Gasteiger partial charge in [0.15, 0.2) is 0 Å². The number of nitrogens with two attached hydrogens (primary N) is 1. The average Bonchev–Trinajstić information content (AvgIpc) is 2.25. The number of ether oxygens (including phenoxy) is 2. The van der Waals surface area contributed by atoms with E-state index in [1.165, 1.54) is 5.56 Å². The largest absolute Gasteiger partial charge is 0.492 e. The van der Waals surface area contributed by atoms with Crippen LogP contribution in [0.1, 0.15) is 12.0 Å². The van der Waals surface area contributed by atoms with E-state index in [1.54, 1.807) is 7.11 Å². The summed E-state index contributed by atoms with van der Waals surface area (Å²) in [6, 6.07) is 7.99. The maximum absolute atomic E-state index is 5.83. The molecule has 0 saturated heterocycles. The van der Waals surface area contributed by atoms with Gasteiger partial charge in [0.1, 0.15) is 12.4 Å². The summed E-state index contributed by atoms with van der Waals surface area (Å²) in [5.41, 5.74) is 7.06. The Balaban J connectivity index is 2.27. The molecule has 1 atom stereocenters. The minimum atomic E-state index is 0.0336. The van der Waals surface area contributed by atoms with E-state index in [4.69, 9.17) is 15.2 Å². The second-order valence-electron chi connectivity index (χ2n) is 3.67. The number of hydrogen-bond donors (Lipinski definition) is 1. The first-order valence-corrected chi connectivity index (χ1v) is 5.16. The molecule has 0 aliphatic carbocycles. The van der Waals surface area contributed by atoms with Gasteiger partial charge in [0, 0.05) is 19.8 Å². The van der Waals surface area contributed by atoms with Gasteiger partial charge in [-0.2, -0.15) is 0 Å². The lowest BCUT2D eigenvalue weighted by Crippen LogP contribution is -2.29. The molecule has 0 spiro atoms. The summed E-state index contributed by atoms with van der Waals surface area (Å²) in [6.45, 7) is 3.26. The second-order valence-corrected chi connectivity index (χ2v) is 3.67. The summed E-state index contributed by atoms with van der Waals surface area (Å²) < 4.78 is 10.5. The van der Waals surface area contributed by atoms with Crippen LogP contribution in [0.15, 0.2) is 24.3 Å². The third kappa shape index (κ3) is 4.81. The Hall–Kier alpha value is -1.06. The SMILES string of the molecule is COCCC(N)COc1ccc(C)cc1. The van der Waals surface area contributed by atoms with E-state index < -0.39 is 0 Å². The van der Waals surface area contributed by atoms with Gasteiger partial charge < -0.3 is 15.2 Å². The normalized spacial score (nSPS) is 12.5. The summed E-state index contributed by atoms with van der Waals surface area (Å²) >= 11 is 0. The molecular weight excluding hydrogens is 190 g/mol. The van der Waals surface area contributed by atoms with Gasteiger partial charge in [-0.25, -0.2) is 0 Å². The molecule has 84 valence electrons. The van der Waals surface area contributed by atoms with E-state index in [2.05, 4.69) is 0 Å². The van der Waals surface area contributed by atoms with Crippen LogP contribution < -0.4 is 10.5 Å². The Kier molecular flexibility index (Phi) is 5.15. The van der Waals surface area contributed by atoms with Gasteiger partial charge in [0.2, 0.25) is 0 Å². The summed E-state index contributed by atoms with van der Waals surface area (Å²) in [6.07, 6.45) is 0.822. The summed E-state index contributed by atoms with van der Waals surface area (Å²) in [5.74, 6) is 0.869. The van der Waals surface area contributed by atoms with E-state index in [1.807, 2.05) is 31.2 Å². The molecule has 2 N–H and O–H groups in total. The number of rotatable bonds is 6. The molecule has 0 saturated carbocycles. The van der Waals surface area contributed by atoms with Crippen molar-refractivity contribution >= 4 is 0 Å². The van der Waals surface area contributed by atoms with Gasteiger partial charge in [-0.3, -0.25) is 0 Å². The Labute approximate surface area is 91.2 Å². The van der Waals surface area contributed by atoms with Crippen LogP contribution in [-0.4, -0.2) is 26.4 Å². The molecule has 0 heterocycles. The van der Waals surface area contributed by atoms with Crippen molar-refractivity contribution in [3.63, 3.8) is 0 Å². The van der Waals surface area contributed by atoms with Crippen LogP contribution in [-0.2, 0) is 4.74 Å². The standard InChI is InChI=1S/C12H19NO2/c1-10-3-5-12(6-4-10)15-9-11(13)7-8-14-2/h3-6,11H,7-9,13H2,1-2H3. The first-order chi connectivity index (χ1) is 7.22. The molecule has 0 aliphatic rings. The Bertz CT molecular complexity index is 271. The maximum Gasteiger partial charge on any atom is 0.119 e. The third-order valence-electron chi connectivity index (χ3n) is 2.18. The van der Waals surface area contributed by atoms with Gasteiger partial charge in [-0.15, -0.1) is 0 Å². The van der Waals surface area contributed by atoms with Crippen LogP contribution in [0.3, 0.4) is 0 Å². The van der Waals surface area contributed by atoms with Crippen LogP contribution in [0.4, 0.5) is 0 Å². The molecule has 15 heavy (non-hydrogen) atoms. The fraction of sp³-hybridized carbons (Fsp3) is 0.500. The lowest BCUT2D eigenvalue weighted by atomic mass is 10.2. The second kappa shape index (κ2) is 6.43.